The number of hydrogen-bond acceptors (Lipinski definition) is 3. The molecule has 3 nitrogen and oxygen atoms in total. The molecule has 0 fully saturated rings. The van der Waals surface area contributed by atoms with Gasteiger partial charge in [0.05, 0.1) is 27.2 Å². The summed E-state index contributed by atoms with van der Waals surface area (Å²) < 4.78 is 3.33. The Morgan fingerprint density at radius 2 is 2.10 bits per heavy atom. The standard InChI is InChI=1S/C15H16BrN3S/c1-2-10(17)15(13-7-8-14(16)20-13)19-9-18-11-5-3-4-6-12(11)19/h3-10,15H,2,17H2,1H3. The molecule has 0 radical (unpaired) electrons. The number of hydrogen-bond donors (Lipinski definition) is 1. The van der Waals surface area contributed by atoms with E-state index in [9.17, 15) is 0 Å². The molecule has 20 heavy (non-hydrogen) atoms. The van der Waals surface area contributed by atoms with Crippen LogP contribution in [0, 0.1) is 0 Å². The largest absolute Gasteiger partial charge is 0.326 e. The van der Waals surface area contributed by atoms with E-state index in [0.717, 1.165) is 21.2 Å². The molecule has 1 aromatic carbocycles. The Kier molecular flexibility index (Phi) is 3.92. The summed E-state index contributed by atoms with van der Waals surface area (Å²) in [6.07, 6.45) is 2.82. The number of nitrogens with two attached hydrogens (primary N) is 1. The van der Waals surface area contributed by atoms with Crippen LogP contribution in [-0.2, 0) is 0 Å². The van der Waals surface area contributed by atoms with Crippen molar-refractivity contribution in [2.75, 3.05) is 0 Å². The first-order valence-electron chi connectivity index (χ1n) is 6.63. The van der Waals surface area contributed by atoms with Crippen molar-refractivity contribution in [3.63, 3.8) is 0 Å². The lowest BCUT2D eigenvalue weighted by atomic mass is 10.0. The zero-order valence-corrected chi connectivity index (χ0v) is 13.6. The molecule has 3 aromatic rings. The Morgan fingerprint density at radius 3 is 2.80 bits per heavy atom. The van der Waals surface area contributed by atoms with Gasteiger partial charge in [-0.2, -0.15) is 0 Å². The number of para-hydroxylation sites is 2. The summed E-state index contributed by atoms with van der Waals surface area (Å²) in [5.41, 5.74) is 8.52. The lowest BCUT2D eigenvalue weighted by Crippen LogP contribution is -2.31. The minimum absolute atomic E-state index is 0.0677. The van der Waals surface area contributed by atoms with Crippen molar-refractivity contribution in [2.45, 2.75) is 25.4 Å². The Labute approximate surface area is 130 Å². The van der Waals surface area contributed by atoms with E-state index in [1.165, 1.54) is 4.88 Å². The Hall–Kier alpha value is -1.17. The third kappa shape index (κ3) is 2.41. The average molecular weight is 350 g/mol. The van der Waals surface area contributed by atoms with Crippen molar-refractivity contribution in [3.8, 4) is 0 Å². The summed E-state index contributed by atoms with van der Waals surface area (Å²) in [7, 11) is 0. The van der Waals surface area contributed by atoms with E-state index in [1.54, 1.807) is 11.3 Å². The number of thiophene rings is 1. The van der Waals surface area contributed by atoms with Crippen LogP contribution in [0.4, 0.5) is 0 Å². The van der Waals surface area contributed by atoms with Crippen LogP contribution in [0.25, 0.3) is 11.0 Å². The highest BCUT2D eigenvalue weighted by atomic mass is 79.9. The lowest BCUT2D eigenvalue weighted by molar-refractivity contribution is 0.474. The highest BCUT2D eigenvalue weighted by molar-refractivity contribution is 9.11. The monoisotopic (exact) mass is 349 g/mol. The number of nitrogens with zero attached hydrogens (tertiary/aromatic N) is 2. The molecule has 2 heterocycles. The van der Waals surface area contributed by atoms with Gasteiger partial charge in [0.2, 0.25) is 0 Å². The van der Waals surface area contributed by atoms with Crippen molar-refractivity contribution in [3.05, 3.63) is 51.4 Å². The zero-order valence-electron chi connectivity index (χ0n) is 11.2. The molecule has 0 aliphatic heterocycles. The Morgan fingerprint density at radius 1 is 1.30 bits per heavy atom. The van der Waals surface area contributed by atoms with Crippen molar-refractivity contribution in [2.24, 2.45) is 5.73 Å². The lowest BCUT2D eigenvalue weighted by Gasteiger charge is -2.24. The van der Waals surface area contributed by atoms with Gasteiger partial charge >= 0.3 is 0 Å². The molecular formula is C15H16BrN3S. The normalized spacial score (nSPS) is 14.6. The number of imidazole rings is 1. The minimum Gasteiger partial charge on any atom is -0.326 e. The van der Waals surface area contributed by atoms with Gasteiger partial charge in [-0.15, -0.1) is 11.3 Å². The van der Waals surface area contributed by atoms with Crippen LogP contribution in [-0.4, -0.2) is 15.6 Å². The first kappa shape index (κ1) is 13.8. The molecule has 0 saturated heterocycles. The maximum Gasteiger partial charge on any atom is 0.0964 e. The molecule has 2 atom stereocenters. The second-order valence-electron chi connectivity index (χ2n) is 4.80. The van der Waals surface area contributed by atoms with Crippen molar-refractivity contribution < 1.29 is 0 Å². The first-order chi connectivity index (χ1) is 9.70. The predicted octanol–water partition coefficient (Wildman–Crippen LogP) is 4.19. The van der Waals surface area contributed by atoms with E-state index in [0.29, 0.717) is 0 Å². The summed E-state index contributed by atoms with van der Waals surface area (Å²) in [4.78, 5) is 5.75. The smallest absolute Gasteiger partial charge is 0.0964 e. The van der Waals surface area contributed by atoms with Crippen LogP contribution in [0.5, 0.6) is 0 Å². The minimum atomic E-state index is 0.0677. The zero-order chi connectivity index (χ0) is 14.1. The fourth-order valence-corrected chi connectivity index (χ4v) is 4.06. The summed E-state index contributed by atoms with van der Waals surface area (Å²) in [6.45, 7) is 2.12. The molecule has 2 aromatic heterocycles. The maximum absolute atomic E-state index is 6.38. The SMILES string of the molecule is CCC(N)C(c1ccc(Br)s1)n1cnc2ccccc21. The quantitative estimate of drug-likeness (QED) is 0.767. The second kappa shape index (κ2) is 5.68. The van der Waals surface area contributed by atoms with E-state index in [-0.39, 0.29) is 12.1 Å². The molecule has 0 saturated carbocycles. The van der Waals surface area contributed by atoms with Crippen molar-refractivity contribution in [1.29, 1.82) is 0 Å². The van der Waals surface area contributed by atoms with E-state index >= 15 is 0 Å². The number of fused-ring (bicyclic) bond motifs is 1. The van der Waals surface area contributed by atoms with Gasteiger partial charge in [-0.3, -0.25) is 0 Å². The van der Waals surface area contributed by atoms with Crippen LogP contribution in [0.15, 0.2) is 46.5 Å². The Bertz CT molecular complexity index is 719. The van der Waals surface area contributed by atoms with Gasteiger partial charge < -0.3 is 10.3 Å². The number of benzene rings is 1. The van der Waals surface area contributed by atoms with Gasteiger partial charge in [0.15, 0.2) is 0 Å². The third-order valence-electron chi connectivity index (χ3n) is 3.54. The van der Waals surface area contributed by atoms with E-state index in [1.807, 2.05) is 24.5 Å². The fourth-order valence-electron chi connectivity index (χ4n) is 2.46. The van der Waals surface area contributed by atoms with Gasteiger partial charge in [0.1, 0.15) is 0 Å². The van der Waals surface area contributed by atoms with Crippen LogP contribution in [0.2, 0.25) is 0 Å². The molecule has 5 heteroatoms. The molecule has 2 unspecified atom stereocenters. The summed E-state index contributed by atoms with van der Waals surface area (Å²) in [5.74, 6) is 0. The van der Waals surface area contributed by atoms with E-state index < -0.39 is 0 Å². The average Bonchev–Trinajstić information content (AvgIpc) is 3.07. The van der Waals surface area contributed by atoms with Gasteiger partial charge in [-0.1, -0.05) is 19.1 Å². The summed E-state index contributed by atoms with van der Waals surface area (Å²) in [5, 5.41) is 0. The molecule has 0 amide bonds. The van der Waals surface area contributed by atoms with E-state index in [4.69, 9.17) is 5.73 Å². The van der Waals surface area contributed by atoms with Crippen LogP contribution in [0.3, 0.4) is 0 Å². The van der Waals surface area contributed by atoms with Crippen LogP contribution < -0.4 is 5.73 Å². The van der Waals surface area contributed by atoms with Gasteiger partial charge in [-0.25, -0.2) is 4.98 Å². The summed E-state index contributed by atoms with van der Waals surface area (Å²) in [6, 6.07) is 12.6. The molecule has 0 spiro atoms. The molecule has 104 valence electrons. The molecule has 0 aliphatic carbocycles. The third-order valence-corrected chi connectivity index (χ3v) is 5.24. The van der Waals surface area contributed by atoms with Crippen LogP contribution >= 0.6 is 27.3 Å². The Balaban J connectivity index is 2.14. The number of halogens is 1. The van der Waals surface area contributed by atoms with Gasteiger partial charge in [0.25, 0.3) is 0 Å². The first-order valence-corrected chi connectivity index (χ1v) is 8.24. The topological polar surface area (TPSA) is 43.8 Å². The fraction of sp³-hybridized carbons (Fsp3) is 0.267. The van der Waals surface area contributed by atoms with Gasteiger partial charge in [-0.05, 0) is 46.6 Å². The highest BCUT2D eigenvalue weighted by Crippen LogP contribution is 2.33. The van der Waals surface area contributed by atoms with E-state index in [2.05, 4.69) is 50.6 Å². The maximum atomic E-state index is 6.38. The number of rotatable bonds is 4. The van der Waals surface area contributed by atoms with Crippen molar-refractivity contribution >= 4 is 38.3 Å². The summed E-state index contributed by atoms with van der Waals surface area (Å²) >= 11 is 5.27. The second-order valence-corrected chi connectivity index (χ2v) is 7.29. The molecular weight excluding hydrogens is 334 g/mol. The molecule has 0 bridgehead atoms. The molecule has 3 rings (SSSR count). The molecule has 2 N–H and O–H groups in total. The molecule has 0 aliphatic rings. The number of aromatic nitrogens is 2. The van der Waals surface area contributed by atoms with Gasteiger partial charge in [0, 0.05) is 10.9 Å². The van der Waals surface area contributed by atoms with Crippen molar-refractivity contribution in [1.82, 2.24) is 9.55 Å². The van der Waals surface area contributed by atoms with Crippen LogP contribution in [0.1, 0.15) is 24.3 Å². The predicted molar refractivity (Wildman–Crippen MR) is 88.2 cm³/mol. The highest BCUT2D eigenvalue weighted by Gasteiger charge is 2.23.